The van der Waals surface area contributed by atoms with Crippen molar-refractivity contribution in [1.82, 2.24) is 4.98 Å². The largest absolute Gasteiger partial charge is 0.493 e. The number of carbonyl (C=O) groups is 1. The SMILES string of the molecule is CCOc1ccccc1C(=O)Nc1ccccc1-c1csc(-c2ccccc2F)n1. The fourth-order valence-electron chi connectivity index (χ4n) is 3.10. The lowest BCUT2D eigenvalue weighted by Gasteiger charge is -2.12. The molecule has 1 amide bonds. The van der Waals surface area contributed by atoms with Crippen molar-refractivity contribution in [3.8, 4) is 27.6 Å². The van der Waals surface area contributed by atoms with Crippen LogP contribution in [-0.4, -0.2) is 17.5 Å². The van der Waals surface area contributed by atoms with Gasteiger partial charge in [-0.2, -0.15) is 0 Å². The first-order valence-electron chi connectivity index (χ1n) is 9.50. The predicted molar refractivity (Wildman–Crippen MR) is 119 cm³/mol. The van der Waals surface area contributed by atoms with Gasteiger partial charge in [0.2, 0.25) is 0 Å². The average Bonchev–Trinajstić information content (AvgIpc) is 3.25. The van der Waals surface area contributed by atoms with Gasteiger partial charge in [-0.25, -0.2) is 9.37 Å². The van der Waals surface area contributed by atoms with E-state index in [0.29, 0.717) is 39.9 Å². The number of ether oxygens (including phenoxy) is 1. The van der Waals surface area contributed by atoms with Gasteiger partial charge in [0.05, 0.1) is 23.6 Å². The number of anilines is 1. The molecule has 0 saturated heterocycles. The number of benzene rings is 3. The highest BCUT2D eigenvalue weighted by atomic mass is 32.1. The number of amides is 1. The van der Waals surface area contributed by atoms with Crippen LogP contribution in [0.25, 0.3) is 21.8 Å². The van der Waals surface area contributed by atoms with Gasteiger partial charge in [0.1, 0.15) is 16.6 Å². The van der Waals surface area contributed by atoms with E-state index in [1.165, 1.54) is 17.4 Å². The molecule has 0 unspecified atom stereocenters. The fourth-order valence-corrected chi connectivity index (χ4v) is 3.94. The molecular weight excluding hydrogens is 399 g/mol. The number of rotatable bonds is 6. The summed E-state index contributed by atoms with van der Waals surface area (Å²) in [6.07, 6.45) is 0. The molecule has 4 aromatic rings. The van der Waals surface area contributed by atoms with E-state index in [9.17, 15) is 9.18 Å². The monoisotopic (exact) mass is 418 g/mol. The van der Waals surface area contributed by atoms with Gasteiger partial charge in [0.25, 0.3) is 5.91 Å². The normalized spacial score (nSPS) is 10.6. The molecule has 3 aromatic carbocycles. The smallest absolute Gasteiger partial charge is 0.259 e. The van der Waals surface area contributed by atoms with Gasteiger partial charge in [-0.3, -0.25) is 4.79 Å². The number of nitrogens with zero attached hydrogens (tertiary/aromatic N) is 1. The van der Waals surface area contributed by atoms with Crippen LogP contribution in [0.1, 0.15) is 17.3 Å². The van der Waals surface area contributed by atoms with E-state index in [4.69, 9.17) is 4.74 Å². The third kappa shape index (κ3) is 4.09. The highest BCUT2D eigenvalue weighted by Gasteiger charge is 2.16. The second-order valence-corrected chi connectivity index (χ2v) is 7.30. The molecule has 6 heteroatoms. The summed E-state index contributed by atoms with van der Waals surface area (Å²) in [6, 6.07) is 21.1. The number of halogens is 1. The van der Waals surface area contributed by atoms with Crippen LogP contribution in [0, 0.1) is 5.82 Å². The van der Waals surface area contributed by atoms with Crippen molar-refractivity contribution in [3.63, 3.8) is 0 Å². The van der Waals surface area contributed by atoms with Crippen molar-refractivity contribution >= 4 is 22.9 Å². The van der Waals surface area contributed by atoms with Crippen LogP contribution in [0.5, 0.6) is 5.75 Å². The topological polar surface area (TPSA) is 51.2 Å². The first kappa shape index (κ1) is 19.8. The summed E-state index contributed by atoms with van der Waals surface area (Å²) in [4.78, 5) is 17.5. The lowest BCUT2D eigenvalue weighted by molar-refractivity contribution is 0.102. The fraction of sp³-hybridized carbons (Fsp3) is 0.0833. The average molecular weight is 418 g/mol. The van der Waals surface area contributed by atoms with Gasteiger partial charge in [0, 0.05) is 16.5 Å². The Kier molecular flexibility index (Phi) is 5.86. The third-order valence-electron chi connectivity index (χ3n) is 4.49. The van der Waals surface area contributed by atoms with E-state index in [1.54, 1.807) is 36.4 Å². The van der Waals surface area contributed by atoms with Gasteiger partial charge in [-0.05, 0) is 37.3 Å². The lowest BCUT2D eigenvalue weighted by atomic mass is 10.1. The van der Waals surface area contributed by atoms with Gasteiger partial charge >= 0.3 is 0 Å². The number of thiazole rings is 1. The molecular formula is C24H19FN2O2S. The Morgan fingerprint density at radius 3 is 2.50 bits per heavy atom. The van der Waals surface area contributed by atoms with Crippen LogP contribution in [0.15, 0.2) is 78.2 Å². The van der Waals surface area contributed by atoms with Gasteiger partial charge in [0.15, 0.2) is 0 Å². The van der Waals surface area contributed by atoms with Crippen molar-refractivity contribution in [1.29, 1.82) is 0 Å². The van der Waals surface area contributed by atoms with E-state index in [-0.39, 0.29) is 11.7 Å². The number of nitrogens with one attached hydrogen (secondary N) is 1. The molecule has 0 bridgehead atoms. The quantitative estimate of drug-likeness (QED) is 0.402. The van der Waals surface area contributed by atoms with E-state index in [1.807, 2.05) is 42.6 Å². The summed E-state index contributed by atoms with van der Waals surface area (Å²) >= 11 is 1.36. The Balaban J connectivity index is 1.65. The summed E-state index contributed by atoms with van der Waals surface area (Å²) < 4.78 is 19.7. The van der Waals surface area contributed by atoms with Crippen molar-refractivity contribution in [2.24, 2.45) is 0 Å². The maximum absolute atomic E-state index is 14.1. The summed E-state index contributed by atoms with van der Waals surface area (Å²) in [7, 11) is 0. The second-order valence-electron chi connectivity index (χ2n) is 6.45. The predicted octanol–water partition coefficient (Wildman–Crippen LogP) is 6.27. The van der Waals surface area contributed by atoms with Crippen LogP contribution in [0.2, 0.25) is 0 Å². The van der Waals surface area contributed by atoms with Crippen molar-refractivity contribution in [2.45, 2.75) is 6.92 Å². The Morgan fingerprint density at radius 2 is 1.70 bits per heavy atom. The molecule has 4 nitrogen and oxygen atoms in total. The maximum Gasteiger partial charge on any atom is 0.259 e. The zero-order valence-corrected chi connectivity index (χ0v) is 17.1. The number of carbonyl (C=O) groups excluding carboxylic acids is 1. The van der Waals surface area contributed by atoms with Gasteiger partial charge in [-0.1, -0.05) is 42.5 Å². The summed E-state index contributed by atoms with van der Waals surface area (Å²) in [6.45, 7) is 2.35. The number of hydrogen-bond acceptors (Lipinski definition) is 4. The molecule has 0 spiro atoms. The standard InChI is InChI=1S/C24H19FN2O2S/c1-2-29-22-14-8-5-11-18(22)23(28)26-20-13-7-4-10-17(20)21-15-30-24(27-21)16-9-3-6-12-19(16)25/h3-15H,2H2,1H3,(H,26,28). The molecule has 150 valence electrons. The van der Waals surface area contributed by atoms with Crippen LogP contribution < -0.4 is 10.1 Å². The molecule has 0 radical (unpaired) electrons. The minimum atomic E-state index is -0.312. The lowest BCUT2D eigenvalue weighted by Crippen LogP contribution is -2.14. The number of aromatic nitrogens is 1. The summed E-state index contributed by atoms with van der Waals surface area (Å²) in [5.41, 5.74) is 2.98. The first-order valence-corrected chi connectivity index (χ1v) is 10.4. The molecule has 0 saturated carbocycles. The van der Waals surface area contributed by atoms with E-state index in [0.717, 1.165) is 5.56 Å². The Hall–Kier alpha value is -3.51. The zero-order chi connectivity index (χ0) is 20.9. The van der Waals surface area contributed by atoms with Crippen LogP contribution in [0.4, 0.5) is 10.1 Å². The van der Waals surface area contributed by atoms with Crippen molar-refractivity contribution in [3.05, 3.63) is 89.6 Å². The van der Waals surface area contributed by atoms with E-state index in [2.05, 4.69) is 10.3 Å². The summed E-state index contributed by atoms with van der Waals surface area (Å²) in [5, 5.41) is 5.41. The molecule has 30 heavy (non-hydrogen) atoms. The maximum atomic E-state index is 14.1. The van der Waals surface area contributed by atoms with E-state index < -0.39 is 0 Å². The minimum absolute atomic E-state index is 0.268. The third-order valence-corrected chi connectivity index (χ3v) is 5.37. The molecule has 0 aliphatic carbocycles. The molecule has 0 aliphatic heterocycles. The Bertz CT molecular complexity index is 1190. The molecule has 1 N–H and O–H groups in total. The molecule has 0 aliphatic rings. The van der Waals surface area contributed by atoms with Gasteiger partial charge < -0.3 is 10.1 Å². The first-order chi connectivity index (χ1) is 14.7. The molecule has 0 atom stereocenters. The van der Waals surface area contributed by atoms with Crippen LogP contribution >= 0.6 is 11.3 Å². The highest BCUT2D eigenvalue weighted by Crippen LogP contribution is 2.34. The molecule has 0 fully saturated rings. The Labute approximate surface area is 178 Å². The minimum Gasteiger partial charge on any atom is -0.493 e. The highest BCUT2D eigenvalue weighted by molar-refractivity contribution is 7.13. The van der Waals surface area contributed by atoms with Crippen LogP contribution in [-0.2, 0) is 0 Å². The van der Waals surface area contributed by atoms with Crippen molar-refractivity contribution < 1.29 is 13.9 Å². The summed E-state index contributed by atoms with van der Waals surface area (Å²) in [5.74, 6) is -0.0472. The second kappa shape index (κ2) is 8.88. The molecule has 1 heterocycles. The Morgan fingerprint density at radius 1 is 1.00 bits per heavy atom. The molecule has 1 aromatic heterocycles. The van der Waals surface area contributed by atoms with E-state index >= 15 is 0 Å². The number of para-hydroxylation sites is 2. The van der Waals surface area contributed by atoms with Gasteiger partial charge in [-0.15, -0.1) is 11.3 Å². The van der Waals surface area contributed by atoms with Crippen LogP contribution in [0.3, 0.4) is 0 Å². The number of hydrogen-bond donors (Lipinski definition) is 1. The zero-order valence-electron chi connectivity index (χ0n) is 16.3. The molecule has 4 rings (SSSR count). The van der Waals surface area contributed by atoms with Crippen molar-refractivity contribution in [2.75, 3.05) is 11.9 Å².